The minimum Gasteiger partial charge on any atom is -0.493 e. The molecule has 0 fully saturated rings. The Balaban J connectivity index is 1.94. The van der Waals surface area contributed by atoms with Crippen LogP contribution in [0.2, 0.25) is 0 Å². The van der Waals surface area contributed by atoms with Crippen LogP contribution in [-0.4, -0.2) is 42.2 Å². The number of benzene rings is 1. The summed E-state index contributed by atoms with van der Waals surface area (Å²) in [6, 6.07) is 11.8. The van der Waals surface area contributed by atoms with E-state index in [4.69, 9.17) is 10.6 Å². The van der Waals surface area contributed by atoms with E-state index in [9.17, 15) is 13.2 Å². The Bertz CT molecular complexity index is 1240. The molecule has 3 rings (SSSR count). The molecule has 1 atom stereocenters. The third-order valence-corrected chi connectivity index (χ3v) is 6.80. The quantitative estimate of drug-likeness (QED) is 0.244. The van der Waals surface area contributed by atoms with Gasteiger partial charge < -0.3 is 4.74 Å². The number of pyridine rings is 1. The van der Waals surface area contributed by atoms with Gasteiger partial charge in [0.2, 0.25) is 0 Å². The van der Waals surface area contributed by atoms with Gasteiger partial charge in [0.15, 0.2) is 10.8 Å². The maximum Gasteiger partial charge on any atom is 0.281 e. The van der Waals surface area contributed by atoms with E-state index in [1.807, 2.05) is 31.2 Å². The molecule has 36 heavy (non-hydrogen) atoms. The first-order valence-electron chi connectivity index (χ1n) is 12.0. The van der Waals surface area contributed by atoms with E-state index in [0.29, 0.717) is 18.2 Å². The number of anilines is 1. The molecule has 11 heteroatoms. The third kappa shape index (κ3) is 6.82. The Morgan fingerprint density at radius 2 is 1.86 bits per heavy atom. The highest BCUT2D eigenvalue weighted by atomic mass is 32.2. The highest BCUT2D eigenvalue weighted by molar-refractivity contribution is 7.90. The summed E-state index contributed by atoms with van der Waals surface area (Å²) in [5.74, 6) is 6.93. The first-order valence-corrected chi connectivity index (χ1v) is 13.5. The normalized spacial score (nSPS) is 12.4. The minimum absolute atomic E-state index is 0.0459. The maximum atomic E-state index is 13.1. The number of nitrogens with zero attached hydrogens (tertiary/aromatic N) is 3. The molecule has 0 bridgehead atoms. The number of sulfonamides is 1. The fourth-order valence-electron chi connectivity index (χ4n) is 3.44. The predicted molar refractivity (Wildman–Crippen MR) is 139 cm³/mol. The van der Waals surface area contributed by atoms with Crippen molar-refractivity contribution >= 4 is 21.7 Å². The molecule has 0 radical (unpaired) electrons. The molecule has 0 spiro atoms. The largest absolute Gasteiger partial charge is 0.493 e. The van der Waals surface area contributed by atoms with Crippen LogP contribution in [0.1, 0.15) is 57.3 Å². The van der Waals surface area contributed by atoms with Gasteiger partial charge in [-0.15, -0.1) is 0 Å². The van der Waals surface area contributed by atoms with E-state index in [-0.39, 0.29) is 22.4 Å². The van der Waals surface area contributed by atoms with Crippen LogP contribution in [-0.2, 0) is 10.0 Å². The van der Waals surface area contributed by atoms with E-state index in [1.165, 1.54) is 23.3 Å². The molecule has 0 aliphatic rings. The molecule has 1 amide bonds. The Hall–Kier alpha value is -3.44. The number of hydrogen-bond donors (Lipinski definition) is 3. The van der Waals surface area contributed by atoms with E-state index < -0.39 is 15.9 Å². The van der Waals surface area contributed by atoms with Crippen LogP contribution in [0.15, 0.2) is 53.7 Å². The van der Waals surface area contributed by atoms with Crippen molar-refractivity contribution in [1.29, 1.82) is 0 Å². The molecule has 0 saturated heterocycles. The average Bonchev–Trinajstić information content (AvgIpc) is 3.41. The van der Waals surface area contributed by atoms with Crippen molar-refractivity contribution in [3.05, 3.63) is 54.2 Å². The molecule has 0 aliphatic carbocycles. The van der Waals surface area contributed by atoms with Gasteiger partial charge in [0.05, 0.1) is 24.1 Å². The number of amides is 1. The van der Waals surface area contributed by atoms with Gasteiger partial charge in [-0.05, 0) is 61.7 Å². The third-order valence-electron chi connectivity index (χ3n) is 5.54. The molecule has 2 aromatic heterocycles. The van der Waals surface area contributed by atoms with Crippen molar-refractivity contribution in [1.82, 2.24) is 19.9 Å². The van der Waals surface area contributed by atoms with Gasteiger partial charge in [0.25, 0.3) is 15.9 Å². The molecule has 194 valence electrons. The number of unbranched alkanes of at least 4 members (excludes halogenated alkanes) is 1. The number of nitrogens with two attached hydrogens (primary N) is 1. The van der Waals surface area contributed by atoms with E-state index in [2.05, 4.69) is 40.7 Å². The van der Waals surface area contributed by atoms with Crippen LogP contribution in [0.4, 0.5) is 5.82 Å². The second kappa shape index (κ2) is 12.0. The van der Waals surface area contributed by atoms with Crippen LogP contribution >= 0.6 is 0 Å². The van der Waals surface area contributed by atoms with Crippen molar-refractivity contribution in [2.24, 2.45) is 11.8 Å². The van der Waals surface area contributed by atoms with Crippen LogP contribution in [0.5, 0.6) is 5.75 Å². The van der Waals surface area contributed by atoms with Crippen LogP contribution < -0.4 is 20.3 Å². The second-order valence-corrected chi connectivity index (χ2v) is 10.7. The number of aromatic amines is 1. The molecular formula is C25H34N6O4S. The van der Waals surface area contributed by atoms with Gasteiger partial charge in [-0.2, -0.15) is 13.5 Å². The topological polar surface area (TPSA) is 143 Å². The summed E-state index contributed by atoms with van der Waals surface area (Å²) in [6.07, 6.45) is 4.01. The summed E-state index contributed by atoms with van der Waals surface area (Å²) >= 11 is 0. The molecular weight excluding hydrogens is 480 g/mol. The number of carbonyl (C=O) groups excluding carboxylic acids is 1. The summed E-state index contributed by atoms with van der Waals surface area (Å²) < 4.78 is 33.0. The Kier molecular flexibility index (Phi) is 9.05. The fourth-order valence-corrected chi connectivity index (χ4v) is 4.32. The minimum atomic E-state index is -4.14. The van der Waals surface area contributed by atoms with Gasteiger partial charge in [-0.25, -0.2) is 15.5 Å². The molecule has 1 aromatic carbocycles. The number of hydrazine groups is 1. The number of H-pyrrole nitrogens is 1. The highest BCUT2D eigenvalue weighted by Gasteiger charge is 2.25. The van der Waals surface area contributed by atoms with Crippen molar-refractivity contribution in [2.75, 3.05) is 11.6 Å². The van der Waals surface area contributed by atoms with Gasteiger partial charge in [0, 0.05) is 11.6 Å². The lowest BCUT2D eigenvalue weighted by Crippen LogP contribution is -2.42. The van der Waals surface area contributed by atoms with Crippen molar-refractivity contribution in [3.63, 3.8) is 0 Å². The first-order chi connectivity index (χ1) is 17.1. The van der Waals surface area contributed by atoms with Crippen molar-refractivity contribution in [3.8, 4) is 17.0 Å². The van der Waals surface area contributed by atoms with Crippen molar-refractivity contribution in [2.45, 2.75) is 58.0 Å². The highest BCUT2D eigenvalue weighted by Crippen LogP contribution is 2.27. The zero-order valence-corrected chi connectivity index (χ0v) is 21.9. The summed E-state index contributed by atoms with van der Waals surface area (Å²) in [4.78, 5) is 17.7. The maximum absolute atomic E-state index is 13.1. The molecule has 0 saturated carbocycles. The number of carbonyl (C=O) groups is 1. The summed E-state index contributed by atoms with van der Waals surface area (Å²) in [5.41, 5.74) is 1.44. The zero-order valence-electron chi connectivity index (χ0n) is 21.1. The van der Waals surface area contributed by atoms with Gasteiger partial charge in [-0.1, -0.05) is 33.6 Å². The lowest BCUT2D eigenvalue weighted by molar-refractivity contribution is 0.0981. The number of ether oxygens (including phenoxy) is 1. The predicted octanol–water partition coefficient (Wildman–Crippen LogP) is 3.88. The van der Waals surface area contributed by atoms with Gasteiger partial charge in [-0.3, -0.25) is 14.9 Å². The number of aromatic nitrogens is 3. The summed E-state index contributed by atoms with van der Waals surface area (Å²) in [5, 5.41) is 7.19. The molecule has 10 nitrogen and oxygen atoms in total. The number of nitrogens with one attached hydrogen (secondary N) is 2. The summed E-state index contributed by atoms with van der Waals surface area (Å²) in [7, 11) is -4.14. The van der Waals surface area contributed by atoms with Gasteiger partial charge >= 0.3 is 0 Å². The molecule has 0 aliphatic heterocycles. The summed E-state index contributed by atoms with van der Waals surface area (Å²) in [6.45, 7) is 8.80. The zero-order chi connectivity index (χ0) is 26.3. The average molecular weight is 515 g/mol. The molecule has 3 aromatic rings. The molecule has 2 heterocycles. The van der Waals surface area contributed by atoms with Crippen molar-refractivity contribution < 1.29 is 17.9 Å². The SMILES string of the molecule is CCCC[C@H](C)N(N)c1nc(-c2ccc(OCC(C)C)cc2)ccc1C(=O)NS(=O)(=O)c1ccn[nH]1. The number of hydrogen-bond acceptors (Lipinski definition) is 8. The lowest BCUT2D eigenvalue weighted by atomic mass is 10.1. The van der Waals surface area contributed by atoms with E-state index >= 15 is 0 Å². The van der Waals surface area contributed by atoms with Crippen LogP contribution in [0, 0.1) is 5.92 Å². The van der Waals surface area contributed by atoms with Crippen LogP contribution in [0.3, 0.4) is 0 Å². The Labute approximate surface area is 212 Å². The van der Waals surface area contributed by atoms with Crippen LogP contribution in [0.25, 0.3) is 11.3 Å². The lowest BCUT2D eigenvalue weighted by Gasteiger charge is -2.27. The fraction of sp³-hybridized carbons (Fsp3) is 0.400. The van der Waals surface area contributed by atoms with E-state index in [1.54, 1.807) is 6.07 Å². The van der Waals surface area contributed by atoms with Gasteiger partial charge in [0.1, 0.15) is 5.75 Å². The smallest absolute Gasteiger partial charge is 0.281 e. The monoisotopic (exact) mass is 514 g/mol. The number of rotatable bonds is 12. The Morgan fingerprint density at radius 1 is 1.14 bits per heavy atom. The standard InChI is InChI=1S/C25H34N6O4S/c1-5-6-7-18(4)31(26)24-21(25(32)30-36(33,34)23-14-15-27-29-23)12-13-22(28-24)19-8-10-20(11-9-19)35-16-17(2)3/h8-15,17-18H,5-7,16,26H2,1-4H3,(H,27,29)(H,30,32)/t18-/m0/s1. The van der Waals surface area contributed by atoms with E-state index in [0.717, 1.165) is 30.6 Å². The second-order valence-electron chi connectivity index (χ2n) is 9.05. The molecule has 4 N–H and O–H groups in total. The first kappa shape index (κ1) is 27.2. The molecule has 0 unspecified atom stereocenters. The Morgan fingerprint density at radius 3 is 2.47 bits per heavy atom.